The lowest BCUT2D eigenvalue weighted by molar-refractivity contribution is 0.340. The fraction of sp³-hybridized carbons (Fsp3) is 0.500. The van der Waals surface area contributed by atoms with E-state index in [1.807, 2.05) is 6.07 Å². The summed E-state index contributed by atoms with van der Waals surface area (Å²) in [5, 5.41) is 7.45. The van der Waals surface area contributed by atoms with E-state index in [0.29, 0.717) is 17.7 Å². The zero-order chi connectivity index (χ0) is 13.2. The molecule has 1 fully saturated rings. The molecule has 1 N–H and O–H groups in total. The minimum atomic E-state index is 0.315. The van der Waals surface area contributed by atoms with Crippen LogP contribution in [0, 0.1) is 5.92 Å². The molecular weight excluding hydrogens is 240 g/mol. The van der Waals surface area contributed by atoms with Crippen molar-refractivity contribution < 1.29 is 4.52 Å². The lowest BCUT2D eigenvalue weighted by Crippen LogP contribution is -2.08. The molecular formula is C14H18N4O. The maximum atomic E-state index is 5.43. The minimum Gasteiger partial charge on any atom is -0.339 e. The molecule has 100 valence electrons. The van der Waals surface area contributed by atoms with Crippen molar-refractivity contribution in [1.29, 1.82) is 0 Å². The average Bonchev–Trinajstić information content (AvgIpc) is 3.07. The third-order valence-corrected chi connectivity index (χ3v) is 3.76. The van der Waals surface area contributed by atoms with Crippen LogP contribution in [0.2, 0.25) is 0 Å². The third kappa shape index (κ3) is 2.26. The van der Waals surface area contributed by atoms with E-state index in [4.69, 9.17) is 4.52 Å². The van der Waals surface area contributed by atoms with E-state index in [1.165, 1.54) is 0 Å². The molecule has 0 radical (unpaired) electrons. The maximum Gasteiger partial charge on any atom is 0.231 e. The Kier molecular flexibility index (Phi) is 3.29. The highest BCUT2D eigenvalue weighted by Crippen LogP contribution is 2.28. The van der Waals surface area contributed by atoms with Gasteiger partial charge in [0.2, 0.25) is 11.7 Å². The molecule has 0 saturated carbocycles. The van der Waals surface area contributed by atoms with Crippen LogP contribution in [0.3, 0.4) is 0 Å². The molecule has 2 aromatic rings. The smallest absolute Gasteiger partial charge is 0.231 e. The van der Waals surface area contributed by atoms with Crippen LogP contribution in [0.1, 0.15) is 31.2 Å². The molecule has 5 heteroatoms. The molecule has 3 rings (SSSR count). The average molecular weight is 258 g/mol. The summed E-state index contributed by atoms with van der Waals surface area (Å²) >= 11 is 0. The molecule has 0 spiro atoms. The summed E-state index contributed by atoms with van der Waals surface area (Å²) in [6.07, 6.45) is 2.68. The van der Waals surface area contributed by atoms with E-state index in [0.717, 1.165) is 36.7 Å². The number of nitrogens with one attached hydrogen (secondary N) is 1. The first kappa shape index (κ1) is 12.3. The summed E-state index contributed by atoms with van der Waals surface area (Å²) in [5.41, 5.74) is 1.98. The number of hydrogen-bond acceptors (Lipinski definition) is 5. The quantitative estimate of drug-likeness (QED) is 0.912. The molecule has 0 aliphatic carbocycles. The van der Waals surface area contributed by atoms with Crippen LogP contribution in [0.4, 0.5) is 0 Å². The van der Waals surface area contributed by atoms with Crippen LogP contribution >= 0.6 is 0 Å². The summed E-state index contributed by atoms with van der Waals surface area (Å²) in [4.78, 5) is 8.92. The highest BCUT2D eigenvalue weighted by Gasteiger charge is 2.30. The lowest BCUT2D eigenvalue weighted by Gasteiger charge is -2.07. The molecule has 1 aliphatic rings. The van der Waals surface area contributed by atoms with Crippen LogP contribution in [-0.4, -0.2) is 28.2 Å². The Balaban J connectivity index is 1.92. The van der Waals surface area contributed by atoms with Crippen molar-refractivity contribution in [3.63, 3.8) is 0 Å². The van der Waals surface area contributed by atoms with Gasteiger partial charge in [0, 0.05) is 12.7 Å². The normalized spacial score (nSPS) is 22.8. The molecule has 5 nitrogen and oxygen atoms in total. The van der Waals surface area contributed by atoms with Gasteiger partial charge in [0.05, 0.1) is 5.92 Å². The number of rotatable bonds is 3. The van der Waals surface area contributed by atoms with E-state index in [9.17, 15) is 0 Å². The molecule has 0 aromatic carbocycles. The zero-order valence-electron chi connectivity index (χ0n) is 11.3. The van der Waals surface area contributed by atoms with Crippen molar-refractivity contribution >= 4 is 0 Å². The van der Waals surface area contributed by atoms with Gasteiger partial charge < -0.3 is 9.84 Å². The Bertz CT molecular complexity index is 566. The van der Waals surface area contributed by atoms with Crippen molar-refractivity contribution in [3.8, 4) is 11.5 Å². The molecule has 2 atom stereocenters. The molecule has 2 unspecified atom stereocenters. The third-order valence-electron chi connectivity index (χ3n) is 3.76. The van der Waals surface area contributed by atoms with E-state index < -0.39 is 0 Å². The van der Waals surface area contributed by atoms with Gasteiger partial charge in [-0.15, -0.1) is 0 Å². The Morgan fingerprint density at radius 1 is 1.42 bits per heavy atom. The second-order valence-electron chi connectivity index (χ2n) is 5.06. The second kappa shape index (κ2) is 5.09. The topological polar surface area (TPSA) is 63.8 Å². The van der Waals surface area contributed by atoms with E-state index >= 15 is 0 Å². The van der Waals surface area contributed by atoms with Crippen molar-refractivity contribution in [2.45, 2.75) is 26.2 Å². The van der Waals surface area contributed by atoms with Crippen LogP contribution in [0.15, 0.2) is 22.9 Å². The first-order valence-corrected chi connectivity index (χ1v) is 6.78. The summed E-state index contributed by atoms with van der Waals surface area (Å²) in [7, 11) is 0. The number of pyridine rings is 1. The highest BCUT2D eigenvalue weighted by atomic mass is 16.5. The minimum absolute atomic E-state index is 0.315. The van der Waals surface area contributed by atoms with Crippen LogP contribution < -0.4 is 5.32 Å². The predicted octanol–water partition coefficient (Wildman–Crippen LogP) is 2.02. The second-order valence-corrected chi connectivity index (χ2v) is 5.06. The molecule has 0 amide bonds. The Labute approximate surface area is 112 Å². The lowest BCUT2D eigenvalue weighted by atomic mass is 9.98. The van der Waals surface area contributed by atoms with Crippen molar-refractivity contribution in [3.05, 3.63) is 29.8 Å². The Morgan fingerprint density at radius 2 is 2.32 bits per heavy atom. The van der Waals surface area contributed by atoms with Gasteiger partial charge in [-0.2, -0.15) is 4.98 Å². The maximum absolute atomic E-state index is 5.43. The fourth-order valence-corrected chi connectivity index (χ4v) is 2.55. The summed E-state index contributed by atoms with van der Waals surface area (Å²) in [6.45, 7) is 6.22. The van der Waals surface area contributed by atoms with Crippen LogP contribution in [0.5, 0.6) is 0 Å². The molecule has 3 heterocycles. The number of hydrogen-bond donors (Lipinski definition) is 1. The van der Waals surface area contributed by atoms with Gasteiger partial charge in [0.15, 0.2) is 0 Å². The molecule has 1 aliphatic heterocycles. The van der Waals surface area contributed by atoms with Crippen molar-refractivity contribution in [2.75, 3.05) is 13.1 Å². The van der Waals surface area contributed by atoms with Crippen molar-refractivity contribution in [2.24, 2.45) is 5.92 Å². The van der Waals surface area contributed by atoms with Crippen LogP contribution in [0.25, 0.3) is 11.5 Å². The van der Waals surface area contributed by atoms with Gasteiger partial charge in [-0.1, -0.05) is 25.1 Å². The first-order valence-electron chi connectivity index (χ1n) is 6.78. The van der Waals surface area contributed by atoms with E-state index in [1.54, 1.807) is 6.20 Å². The number of aromatic nitrogens is 3. The first-order chi connectivity index (χ1) is 9.29. The molecule has 1 saturated heterocycles. The van der Waals surface area contributed by atoms with Gasteiger partial charge in [-0.3, -0.25) is 4.98 Å². The molecule has 19 heavy (non-hydrogen) atoms. The van der Waals surface area contributed by atoms with Gasteiger partial charge >= 0.3 is 0 Å². The number of aryl methyl sites for hydroxylation is 1. The van der Waals surface area contributed by atoms with Crippen molar-refractivity contribution in [1.82, 2.24) is 20.4 Å². The highest BCUT2D eigenvalue weighted by molar-refractivity contribution is 5.53. The van der Waals surface area contributed by atoms with Gasteiger partial charge in [0.25, 0.3) is 0 Å². The monoisotopic (exact) mass is 258 g/mol. The Hall–Kier alpha value is -1.75. The van der Waals surface area contributed by atoms with Crippen LogP contribution in [-0.2, 0) is 6.42 Å². The van der Waals surface area contributed by atoms with Gasteiger partial charge in [-0.25, -0.2) is 0 Å². The predicted molar refractivity (Wildman–Crippen MR) is 71.7 cm³/mol. The number of nitrogens with zero attached hydrogens (tertiary/aromatic N) is 3. The zero-order valence-corrected chi connectivity index (χ0v) is 11.3. The molecule has 2 aromatic heterocycles. The molecule has 0 bridgehead atoms. The SMILES string of the molecule is CCc1cccnc1-c1noc(C2CNCC2C)n1. The standard InChI is InChI=1S/C14H18N4O/c1-3-10-5-4-6-16-12(10)13-17-14(19-18-13)11-8-15-7-9(11)2/h4-6,9,11,15H,3,7-8H2,1-2H3. The summed E-state index contributed by atoms with van der Waals surface area (Å²) < 4.78 is 5.43. The van der Waals surface area contributed by atoms with Gasteiger partial charge in [-0.05, 0) is 30.5 Å². The Morgan fingerprint density at radius 3 is 3.05 bits per heavy atom. The van der Waals surface area contributed by atoms with Gasteiger partial charge in [0.1, 0.15) is 5.69 Å². The largest absolute Gasteiger partial charge is 0.339 e. The van der Waals surface area contributed by atoms with E-state index in [-0.39, 0.29) is 0 Å². The fourth-order valence-electron chi connectivity index (χ4n) is 2.55. The summed E-state index contributed by atoms with van der Waals surface area (Å²) in [6, 6.07) is 3.99. The van der Waals surface area contributed by atoms with E-state index in [2.05, 4.69) is 40.4 Å². The summed E-state index contributed by atoms with van der Waals surface area (Å²) in [5.74, 6) is 2.17.